The molecule has 0 fully saturated rings. The fourth-order valence-electron chi connectivity index (χ4n) is 2.40. The largest absolute Gasteiger partial charge is 0.343 e. The smallest absolute Gasteiger partial charge is 0.251 e. The van der Waals surface area contributed by atoms with Gasteiger partial charge in [0.1, 0.15) is 0 Å². The first-order chi connectivity index (χ1) is 11.5. The number of aryl methyl sites for hydroxylation is 3. The minimum atomic E-state index is -0.159. The van der Waals surface area contributed by atoms with Gasteiger partial charge in [0.25, 0.3) is 5.91 Å². The van der Waals surface area contributed by atoms with E-state index >= 15 is 0 Å². The highest BCUT2D eigenvalue weighted by Gasteiger charge is 2.12. The van der Waals surface area contributed by atoms with Crippen molar-refractivity contribution in [1.29, 1.82) is 0 Å². The Morgan fingerprint density at radius 1 is 1.04 bits per heavy atom. The molecule has 0 radical (unpaired) electrons. The monoisotopic (exact) mass is 321 g/mol. The number of nitrogens with zero attached hydrogens (tertiary/aromatic N) is 2. The molecule has 0 atom stereocenters. The number of aromatic nitrogens is 2. The molecule has 0 bridgehead atoms. The molecule has 1 aromatic heterocycles. The Bertz CT molecular complexity index is 884. The van der Waals surface area contributed by atoms with E-state index in [1.165, 1.54) is 0 Å². The molecule has 0 saturated carbocycles. The van der Waals surface area contributed by atoms with E-state index in [0.29, 0.717) is 17.3 Å². The highest BCUT2D eigenvalue weighted by atomic mass is 16.5. The molecule has 3 aromatic rings. The second-order valence-corrected chi connectivity index (χ2v) is 5.81. The molecule has 24 heavy (non-hydrogen) atoms. The maximum absolute atomic E-state index is 12.2. The molecule has 1 amide bonds. The summed E-state index contributed by atoms with van der Waals surface area (Å²) in [7, 11) is 0. The SMILES string of the molecule is Cc1ccc(C(=O)NCc2nc(-c3ccccc3C)no2)cc1C. The van der Waals surface area contributed by atoms with Crippen LogP contribution < -0.4 is 5.32 Å². The Morgan fingerprint density at radius 2 is 1.83 bits per heavy atom. The molecule has 0 aliphatic carbocycles. The van der Waals surface area contributed by atoms with Gasteiger partial charge in [-0.15, -0.1) is 0 Å². The van der Waals surface area contributed by atoms with E-state index < -0.39 is 0 Å². The van der Waals surface area contributed by atoms with E-state index in [4.69, 9.17) is 4.52 Å². The second kappa shape index (κ2) is 6.66. The third kappa shape index (κ3) is 3.35. The summed E-state index contributed by atoms with van der Waals surface area (Å²) in [6.45, 7) is 6.19. The third-order valence-corrected chi connectivity index (χ3v) is 4.02. The fraction of sp³-hybridized carbons (Fsp3) is 0.211. The zero-order chi connectivity index (χ0) is 17.1. The molecule has 3 rings (SSSR count). The zero-order valence-electron chi connectivity index (χ0n) is 14.0. The molecule has 1 heterocycles. The van der Waals surface area contributed by atoms with E-state index in [1.54, 1.807) is 0 Å². The topological polar surface area (TPSA) is 68.0 Å². The Hall–Kier alpha value is -2.95. The quantitative estimate of drug-likeness (QED) is 0.797. The number of amides is 1. The minimum absolute atomic E-state index is 0.159. The number of hydrogen-bond acceptors (Lipinski definition) is 4. The van der Waals surface area contributed by atoms with Gasteiger partial charge < -0.3 is 9.84 Å². The molecule has 5 heteroatoms. The van der Waals surface area contributed by atoms with Crippen LogP contribution in [0.5, 0.6) is 0 Å². The van der Waals surface area contributed by atoms with Crippen LogP contribution in [0.25, 0.3) is 11.4 Å². The molecule has 122 valence electrons. The Morgan fingerprint density at radius 3 is 2.58 bits per heavy atom. The van der Waals surface area contributed by atoms with Gasteiger partial charge >= 0.3 is 0 Å². The van der Waals surface area contributed by atoms with Gasteiger partial charge in [-0.2, -0.15) is 4.98 Å². The van der Waals surface area contributed by atoms with Crippen LogP contribution in [0, 0.1) is 20.8 Å². The van der Waals surface area contributed by atoms with Crippen molar-refractivity contribution in [3.8, 4) is 11.4 Å². The predicted octanol–water partition coefficient (Wildman–Crippen LogP) is 3.59. The average molecular weight is 321 g/mol. The van der Waals surface area contributed by atoms with Gasteiger partial charge in [0, 0.05) is 11.1 Å². The molecule has 0 aliphatic heterocycles. The predicted molar refractivity (Wildman–Crippen MR) is 91.6 cm³/mol. The fourth-order valence-corrected chi connectivity index (χ4v) is 2.40. The molecule has 2 aromatic carbocycles. The number of rotatable bonds is 4. The van der Waals surface area contributed by atoms with E-state index in [0.717, 1.165) is 22.3 Å². The lowest BCUT2D eigenvalue weighted by Gasteiger charge is -2.05. The van der Waals surface area contributed by atoms with Crippen LogP contribution in [0.2, 0.25) is 0 Å². The van der Waals surface area contributed by atoms with E-state index in [-0.39, 0.29) is 12.5 Å². The van der Waals surface area contributed by atoms with Crippen molar-refractivity contribution < 1.29 is 9.32 Å². The molecule has 0 aliphatic rings. The summed E-state index contributed by atoms with van der Waals surface area (Å²) in [5, 5.41) is 6.79. The Labute approximate surface area is 140 Å². The van der Waals surface area contributed by atoms with Crippen LogP contribution in [0.3, 0.4) is 0 Å². The van der Waals surface area contributed by atoms with Crippen molar-refractivity contribution in [2.45, 2.75) is 27.3 Å². The molecular formula is C19H19N3O2. The number of carbonyl (C=O) groups excluding carboxylic acids is 1. The third-order valence-electron chi connectivity index (χ3n) is 4.02. The summed E-state index contributed by atoms with van der Waals surface area (Å²) in [5.74, 6) is 0.753. The van der Waals surface area contributed by atoms with Gasteiger partial charge in [0.2, 0.25) is 11.7 Å². The summed E-state index contributed by atoms with van der Waals surface area (Å²) >= 11 is 0. The summed E-state index contributed by atoms with van der Waals surface area (Å²) in [5.41, 5.74) is 4.86. The van der Waals surface area contributed by atoms with E-state index in [1.807, 2.05) is 63.2 Å². The maximum Gasteiger partial charge on any atom is 0.251 e. The number of nitrogens with one attached hydrogen (secondary N) is 1. The lowest BCUT2D eigenvalue weighted by atomic mass is 10.1. The van der Waals surface area contributed by atoms with Gasteiger partial charge in [0.15, 0.2) is 0 Å². The molecule has 1 N–H and O–H groups in total. The standard InChI is InChI=1S/C19H19N3O2/c1-12-8-9-15(10-14(12)3)19(23)20-11-17-21-18(22-24-17)16-7-5-4-6-13(16)2/h4-10H,11H2,1-3H3,(H,20,23). The van der Waals surface area contributed by atoms with Crippen LogP contribution in [0.4, 0.5) is 0 Å². The molecule has 0 saturated heterocycles. The van der Waals surface area contributed by atoms with Crippen molar-refractivity contribution in [1.82, 2.24) is 15.5 Å². The van der Waals surface area contributed by atoms with Gasteiger partial charge in [-0.1, -0.05) is 35.5 Å². The Balaban J connectivity index is 1.68. The van der Waals surface area contributed by atoms with Gasteiger partial charge in [-0.3, -0.25) is 4.79 Å². The van der Waals surface area contributed by atoms with Crippen molar-refractivity contribution >= 4 is 5.91 Å². The van der Waals surface area contributed by atoms with Crippen molar-refractivity contribution in [3.63, 3.8) is 0 Å². The number of hydrogen-bond donors (Lipinski definition) is 1. The first-order valence-electron chi connectivity index (χ1n) is 7.78. The average Bonchev–Trinajstić information content (AvgIpc) is 3.04. The van der Waals surface area contributed by atoms with Crippen LogP contribution in [0.1, 0.15) is 32.9 Å². The van der Waals surface area contributed by atoms with Gasteiger partial charge in [-0.25, -0.2) is 0 Å². The van der Waals surface area contributed by atoms with Crippen LogP contribution >= 0.6 is 0 Å². The number of carbonyl (C=O) groups is 1. The van der Waals surface area contributed by atoms with E-state index in [9.17, 15) is 4.79 Å². The summed E-state index contributed by atoms with van der Waals surface area (Å²) in [4.78, 5) is 16.6. The van der Waals surface area contributed by atoms with Crippen LogP contribution in [-0.4, -0.2) is 16.0 Å². The van der Waals surface area contributed by atoms with Crippen LogP contribution in [0.15, 0.2) is 47.0 Å². The van der Waals surface area contributed by atoms with Gasteiger partial charge in [0.05, 0.1) is 6.54 Å². The van der Waals surface area contributed by atoms with Crippen molar-refractivity contribution in [2.24, 2.45) is 0 Å². The highest BCUT2D eigenvalue weighted by molar-refractivity contribution is 5.94. The second-order valence-electron chi connectivity index (χ2n) is 5.81. The summed E-state index contributed by atoms with van der Waals surface area (Å²) in [6.07, 6.45) is 0. The van der Waals surface area contributed by atoms with Crippen molar-refractivity contribution in [2.75, 3.05) is 0 Å². The zero-order valence-corrected chi connectivity index (χ0v) is 14.0. The van der Waals surface area contributed by atoms with Crippen LogP contribution in [-0.2, 0) is 6.54 Å². The lowest BCUT2D eigenvalue weighted by Crippen LogP contribution is -2.23. The first-order valence-corrected chi connectivity index (χ1v) is 7.78. The molecule has 5 nitrogen and oxygen atoms in total. The van der Waals surface area contributed by atoms with Gasteiger partial charge in [-0.05, 0) is 49.6 Å². The number of benzene rings is 2. The molecule has 0 unspecified atom stereocenters. The molecule has 0 spiro atoms. The highest BCUT2D eigenvalue weighted by Crippen LogP contribution is 2.19. The molecular weight excluding hydrogens is 302 g/mol. The normalized spacial score (nSPS) is 10.6. The Kier molecular flexibility index (Phi) is 4.42. The lowest BCUT2D eigenvalue weighted by molar-refractivity contribution is 0.0946. The van der Waals surface area contributed by atoms with Crippen molar-refractivity contribution in [3.05, 3.63) is 70.6 Å². The summed E-state index contributed by atoms with van der Waals surface area (Å²) < 4.78 is 5.23. The maximum atomic E-state index is 12.2. The first kappa shape index (κ1) is 15.9. The summed E-state index contributed by atoms with van der Waals surface area (Å²) in [6, 6.07) is 13.4. The van der Waals surface area contributed by atoms with E-state index in [2.05, 4.69) is 15.5 Å². The minimum Gasteiger partial charge on any atom is -0.343 e.